The van der Waals surface area contributed by atoms with Crippen LogP contribution in [0.1, 0.15) is 45.1 Å². The first-order valence-electron chi connectivity index (χ1n) is 10.3. The largest absolute Gasteiger partial charge is 0.372 e. The van der Waals surface area contributed by atoms with Crippen molar-refractivity contribution in [3.63, 3.8) is 0 Å². The molecule has 0 radical (unpaired) electrons. The average Bonchev–Trinajstić information content (AvgIpc) is 2.95. The predicted molar refractivity (Wildman–Crippen MR) is 131 cm³/mol. The number of rotatable bonds is 11. The molecule has 1 aromatic carbocycles. The lowest BCUT2D eigenvalue weighted by atomic mass is 10.1. The van der Waals surface area contributed by atoms with E-state index in [9.17, 15) is 18.0 Å². The van der Waals surface area contributed by atoms with Crippen LogP contribution in [0.15, 0.2) is 29.2 Å². The highest BCUT2D eigenvalue weighted by Gasteiger charge is 2.33. The molecule has 1 aliphatic heterocycles. The fourth-order valence-corrected chi connectivity index (χ4v) is 4.75. The van der Waals surface area contributed by atoms with E-state index >= 15 is 0 Å². The van der Waals surface area contributed by atoms with E-state index in [-0.39, 0.29) is 4.32 Å². The monoisotopic (exact) mass is 483 g/mol. The van der Waals surface area contributed by atoms with Gasteiger partial charge in [-0.1, -0.05) is 62.8 Å². The Kier molecular flexibility index (Phi) is 9.52. The van der Waals surface area contributed by atoms with E-state index in [0.29, 0.717) is 4.91 Å². The van der Waals surface area contributed by atoms with E-state index in [4.69, 9.17) is 12.2 Å². The van der Waals surface area contributed by atoms with Crippen molar-refractivity contribution in [1.82, 2.24) is 9.62 Å². The molecular formula is C21H29N3O4S3. The van der Waals surface area contributed by atoms with Gasteiger partial charge in [0.05, 0.1) is 11.2 Å². The van der Waals surface area contributed by atoms with Crippen LogP contribution in [-0.4, -0.2) is 55.3 Å². The van der Waals surface area contributed by atoms with Crippen LogP contribution in [0.4, 0.5) is 5.69 Å². The Morgan fingerprint density at radius 2 is 1.74 bits per heavy atom. The maximum Gasteiger partial charge on any atom is 0.266 e. The molecule has 1 N–H and O–H groups in total. The second-order valence-electron chi connectivity index (χ2n) is 7.35. The lowest BCUT2D eigenvalue weighted by Crippen LogP contribution is -2.41. The van der Waals surface area contributed by atoms with Gasteiger partial charge < -0.3 is 4.90 Å². The molecule has 0 aliphatic carbocycles. The number of nitrogens with one attached hydrogen (secondary N) is 1. The summed E-state index contributed by atoms with van der Waals surface area (Å²) in [6, 6.07) is 8.03. The molecule has 0 bridgehead atoms. The highest BCUT2D eigenvalue weighted by Crippen LogP contribution is 2.32. The van der Waals surface area contributed by atoms with Crippen molar-refractivity contribution in [2.45, 2.75) is 39.5 Å². The summed E-state index contributed by atoms with van der Waals surface area (Å²) in [7, 11) is -3.69. The molecule has 0 unspecified atom stereocenters. The van der Waals surface area contributed by atoms with Gasteiger partial charge >= 0.3 is 0 Å². The highest BCUT2D eigenvalue weighted by molar-refractivity contribution is 8.26. The third-order valence-corrected chi connectivity index (χ3v) is 6.57. The van der Waals surface area contributed by atoms with Crippen molar-refractivity contribution in [1.29, 1.82) is 0 Å². The first-order valence-corrected chi connectivity index (χ1v) is 13.4. The SMILES string of the molecule is CCCCN(CCCC)c1ccc(C=C2SC(=S)N(CC(=O)NS(C)(=O)=O)C2=O)cc1. The average molecular weight is 484 g/mol. The lowest BCUT2D eigenvalue weighted by molar-refractivity contribution is -0.127. The Morgan fingerprint density at radius 1 is 1.16 bits per heavy atom. The number of thioether (sulfide) groups is 1. The van der Waals surface area contributed by atoms with Crippen molar-refractivity contribution in [3.8, 4) is 0 Å². The normalized spacial score (nSPS) is 15.6. The van der Waals surface area contributed by atoms with E-state index < -0.39 is 28.4 Å². The van der Waals surface area contributed by atoms with Crippen molar-refractivity contribution >= 4 is 61.9 Å². The Hall–Kier alpha value is -1.91. The molecule has 2 amide bonds. The molecular weight excluding hydrogens is 454 g/mol. The molecule has 0 spiro atoms. The van der Waals surface area contributed by atoms with Gasteiger partial charge in [-0.3, -0.25) is 19.2 Å². The standard InChI is InChI=1S/C21H29N3O4S3/c1-4-6-12-23(13-7-5-2)17-10-8-16(9-11-17)14-18-20(26)24(21(29)30-18)15-19(25)22-31(3,27)28/h8-11,14H,4-7,12-13,15H2,1-3H3,(H,22,25). The van der Waals surface area contributed by atoms with Gasteiger partial charge in [-0.25, -0.2) is 8.42 Å². The van der Waals surface area contributed by atoms with Crippen molar-refractivity contribution in [2.24, 2.45) is 0 Å². The van der Waals surface area contributed by atoms with Crippen molar-refractivity contribution < 1.29 is 18.0 Å². The lowest BCUT2D eigenvalue weighted by Gasteiger charge is -2.24. The number of hydrogen-bond acceptors (Lipinski definition) is 7. The molecule has 1 aromatic rings. The van der Waals surface area contributed by atoms with E-state index in [0.717, 1.165) is 72.9 Å². The van der Waals surface area contributed by atoms with Gasteiger partial charge in [0.25, 0.3) is 11.8 Å². The molecule has 1 aliphatic rings. The number of anilines is 1. The fraction of sp³-hybridized carbons (Fsp3) is 0.476. The Balaban J connectivity index is 2.10. The highest BCUT2D eigenvalue weighted by atomic mass is 32.2. The molecule has 0 aromatic heterocycles. The second-order valence-corrected chi connectivity index (χ2v) is 10.8. The molecule has 0 atom stereocenters. The molecule has 7 nitrogen and oxygen atoms in total. The topological polar surface area (TPSA) is 86.8 Å². The van der Waals surface area contributed by atoms with Gasteiger partial charge in [-0.15, -0.1) is 0 Å². The summed E-state index contributed by atoms with van der Waals surface area (Å²) >= 11 is 6.30. The molecule has 1 saturated heterocycles. The minimum Gasteiger partial charge on any atom is -0.372 e. The molecule has 1 fully saturated rings. The molecule has 0 saturated carbocycles. The number of carbonyl (C=O) groups excluding carboxylic acids is 2. The number of thiocarbonyl (C=S) groups is 1. The van der Waals surface area contributed by atoms with Crippen LogP contribution >= 0.6 is 24.0 Å². The number of hydrogen-bond donors (Lipinski definition) is 1. The van der Waals surface area contributed by atoms with Crippen LogP contribution in [0.2, 0.25) is 0 Å². The number of carbonyl (C=O) groups is 2. The summed E-state index contributed by atoms with van der Waals surface area (Å²) in [6.45, 7) is 5.97. The molecule has 170 valence electrons. The zero-order valence-electron chi connectivity index (χ0n) is 18.1. The van der Waals surface area contributed by atoms with Gasteiger partial charge in [0.15, 0.2) is 0 Å². The maximum atomic E-state index is 12.6. The summed E-state index contributed by atoms with van der Waals surface area (Å²) in [5, 5.41) is 0. The van der Waals surface area contributed by atoms with Crippen molar-refractivity contribution in [3.05, 3.63) is 34.7 Å². The van der Waals surface area contributed by atoms with Crippen LogP contribution in [0.5, 0.6) is 0 Å². The summed E-state index contributed by atoms with van der Waals surface area (Å²) in [4.78, 5) is 28.4. The zero-order chi connectivity index (χ0) is 23.0. The van der Waals surface area contributed by atoms with Crippen molar-refractivity contribution in [2.75, 3.05) is 30.8 Å². The smallest absolute Gasteiger partial charge is 0.266 e. The van der Waals surface area contributed by atoms with Gasteiger partial charge in [0, 0.05) is 18.8 Å². The van der Waals surface area contributed by atoms with E-state index in [2.05, 4.69) is 30.9 Å². The predicted octanol–water partition coefficient (Wildman–Crippen LogP) is 3.37. The Morgan fingerprint density at radius 3 is 2.26 bits per heavy atom. The van der Waals surface area contributed by atoms with E-state index in [1.54, 1.807) is 6.08 Å². The summed E-state index contributed by atoms with van der Waals surface area (Å²) < 4.78 is 24.4. The third-order valence-electron chi connectivity index (χ3n) is 4.59. The summed E-state index contributed by atoms with van der Waals surface area (Å²) in [5.41, 5.74) is 2.01. The maximum absolute atomic E-state index is 12.6. The fourth-order valence-electron chi connectivity index (χ4n) is 3.02. The van der Waals surface area contributed by atoms with E-state index in [1.807, 2.05) is 16.9 Å². The van der Waals surface area contributed by atoms with Gasteiger partial charge in [0.1, 0.15) is 10.9 Å². The van der Waals surface area contributed by atoms with Crippen LogP contribution in [0.3, 0.4) is 0 Å². The van der Waals surface area contributed by atoms with Crippen LogP contribution in [-0.2, 0) is 19.6 Å². The van der Waals surface area contributed by atoms with E-state index in [1.165, 1.54) is 0 Å². The van der Waals surface area contributed by atoms with Gasteiger partial charge in [-0.2, -0.15) is 0 Å². The summed E-state index contributed by atoms with van der Waals surface area (Å²) in [5.74, 6) is -1.21. The number of benzene rings is 1. The third kappa shape index (κ3) is 7.93. The number of sulfonamides is 1. The summed E-state index contributed by atoms with van der Waals surface area (Å²) in [6.07, 6.45) is 7.18. The minimum absolute atomic E-state index is 0.224. The zero-order valence-corrected chi connectivity index (χ0v) is 20.5. The molecule has 1 heterocycles. The second kappa shape index (κ2) is 11.6. The van der Waals surface area contributed by atoms with Crippen LogP contribution in [0, 0.1) is 0 Å². The molecule has 10 heteroatoms. The quantitative estimate of drug-likeness (QED) is 0.381. The molecule has 31 heavy (non-hydrogen) atoms. The van der Waals surface area contributed by atoms with Crippen LogP contribution < -0.4 is 9.62 Å². The van der Waals surface area contributed by atoms with Gasteiger partial charge in [-0.05, 0) is 36.6 Å². The Bertz CT molecular complexity index is 935. The molecule has 2 rings (SSSR count). The first-order chi connectivity index (χ1) is 14.6. The van der Waals surface area contributed by atoms with Gasteiger partial charge in [0.2, 0.25) is 10.0 Å². The first kappa shape index (κ1) is 25.4. The minimum atomic E-state index is -3.69. The number of unbranched alkanes of at least 4 members (excludes halogenated alkanes) is 2. The number of amides is 2. The Labute approximate surface area is 194 Å². The van der Waals surface area contributed by atoms with Crippen LogP contribution in [0.25, 0.3) is 6.08 Å². The number of nitrogens with zero attached hydrogens (tertiary/aromatic N) is 2.